The van der Waals surface area contributed by atoms with Crippen LogP contribution in [0.4, 0.5) is 5.82 Å². The summed E-state index contributed by atoms with van der Waals surface area (Å²) in [5.41, 5.74) is 1.35. The van der Waals surface area contributed by atoms with Gasteiger partial charge < -0.3 is 9.80 Å². The summed E-state index contributed by atoms with van der Waals surface area (Å²) in [6, 6.07) is 4.31. The first-order valence-corrected chi connectivity index (χ1v) is 6.55. The summed E-state index contributed by atoms with van der Waals surface area (Å²) in [6.45, 7) is 11.8. The van der Waals surface area contributed by atoms with Gasteiger partial charge in [-0.15, -0.1) is 0 Å². The maximum Gasteiger partial charge on any atom is 0.128 e. The van der Waals surface area contributed by atoms with Gasteiger partial charge in [0.1, 0.15) is 5.82 Å². The summed E-state index contributed by atoms with van der Waals surface area (Å²) in [6.07, 6.45) is 3.92. The summed E-state index contributed by atoms with van der Waals surface area (Å²) >= 11 is 0. The van der Waals surface area contributed by atoms with Crippen molar-refractivity contribution in [3.05, 3.63) is 30.8 Å². The standard InChI is InChI=1S/C14H22N3/c1-3-5-13-6-7-15-14(12-13)17-10-8-16(4-2)9-11-17/h6-7,12H,1,3-5,8-11H2,2H3. The average Bonchev–Trinajstić information content (AvgIpc) is 2.40. The molecule has 2 heterocycles. The van der Waals surface area contributed by atoms with E-state index in [1.54, 1.807) is 0 Å². The van der Waals surface area contributed by atoms with Crippen LogP contribution < -0.4 is 4.90 Å². The largest absolute Gasteiger partial charge is 0.354 e. The molecule has 2 rings (SSSR count). The number of aryl methyl sites for hydroxylation is 1. The monoisotopic (exact) mass is 232 g/mol. The molecule has 1 aliphatic rings. The molecule has 0 bridgehead atoms. The third-order valence-corrected chi connectivity index (χ3v) is 3.42. The number of hydrogen-bond acceptors (Lipinski definition) is 3. The van der Waals surface area contributed by atoms with Gasteiger partial charge in [0.15, 0.2) is 0 Å². The van der Waals surface area contributed by atoms with Crippen molar-refractivity contribution in [1.29, 1.82) is 0 Å². The summed E-state index contributed by atoms with van der Waals surface area (Å²) in [5.74, 6) is 1.13. The second kappa shape index (κ2) is 6.01. The summed E-state index contributed by atoms with van der Waals surface area (Å²) < 4.78 is 0. The lowest BCUT2D eigenvalue weighted by atomic mass is 10.1. The number of pyridine rings is 1. The number of anilines is 1. The second-order valence-corrected chi connectivity index (χ2v) is 4.55. The van der Waals surface area contributed by atoms with Crippen LogP contribution in [-0.4, -0.2) is 42.6 Å². The van der Waals surface area contributed by atoms with Crippen LogP contribution in [0.25, 0.3) is 0 Å². The van der Waals surface area contributed by atoms with Crippen molar-refractivity contribution in [1.82, 2.24) is 9.88 Å². The summed E-state index contributed by atoms with van der Waals surface area (Å²) in [4.78, 5) is 9.35. The molecule has 1 fully saturated rings. The SMILES string of the molecule is [CH2]CCc1ccnc(N2CCN(CC)CC2)c1. The highest BCUT2D eigenvalue weighted by atomic mass is 15.3. The number of hydrogen-bond donors (Lipinski definition) is 0. The van der Waals surface area contributed by atoms with Crippen LogP contribution in [0.1, 0.15) is 18.9 Å². The molecule has 0 atom stereocenters. The predicted molar refractivity (Wildman–Crippen MR) is 72.2 cm³/mol. The van der Waals surface area contributed by atoms with Gasteiger partial charge in [-0.1, -0.05) is 13.8 Å². The molecular weight excluding hydrogens is 210 g/mol. The maximum atomic E-state index is 4.48. The minimum atomic E-state index is 0.951. The lowest BCUT2D eigenvalue weighted by Crippen LogP contribution is -2.46. The Kier molecular flexibility index (Phi) is 4.37. The first-order valence-electron chi connectivity index (χ1n) is 6.55. The summed E-state index contributed by atoms with van der Waals surface area (Å²) in [5, 5.41) is 0. The Bertz CT molecular complexity index is 343. The Morgan fingerprint density at radius 1 is 1.29 bits per heavy atom. The second-order valence-electron chi connectivity index (χ2n) is 4.55. The minimum Gasteiger partial charge on any atom is -0.354 e. The molecule has 0 spiro atoms. The average molecular weight is 232 g/mol. The Labute approximate surface area is 104 Å². The van der Waals surface area contributed by atoms with E-state index in [-0.39, 0.29) is 0 Å². The molecule has 0 N–H and O–H groups in total. The molecule has 3 heteroatoms. The van der Waals surface area contributed by atoms with Crippen LogP contribution in [0.2, 0.25) is 0 Å². The number of piperazine rings is 1. The first-order chi connectivity index (χ1) is 8.33. The molecule has 0 aromatic carbocycles. The van der Waals surface area contributed by atoms with Crippen molar-refractivity contribution in [2.24, 2.45) is 0 Å². The zero-order chi connectivity index (χ0) is 12.1. The molecule has 0 saturated carbocycles. The van der Waals surface area contributed by atoms with Gasteiger partial charge in [0, 0.05) is 32.4 Å². The quantitative estimate of drug-likeness (QED) is 0.791. The molecular formula is C14H22N3. The van der Waals surface area contributed by atoms with Gasteiger partial charge in [-0.3, -0.25) is 0 Å². The Morgan fingerprint density at radius 2 is 2.06 bits per heavy atom. The van der Waals surface area contributed by atoms with Crippen molar-refractivity contribution in [3.8, 4) is 0 Å². The van der Waals surface area contributed by atoms with E-state index in [4.69, 9.17) is 0 Å². The van der Waals surface area contributed by atoms with Gasteiger partial charge in [0.2, 0.25) is 0 Å². The van der Waals surface area contributed by atoms with E-state index in [9.17, 15) is 0 Å². The van der Waals surface area contributed by atoms with E-state index < -0.39 is 0 Å². The van der Waals surface area contributed by atoms with Crippen molar-refractivity contribution >= 4 is 5.82 Å². The van der Waals surface area contributed by atoms with E-state index in [1.165, 1.54) is 5.56 Å². The Morgan fingerprint density at radius 3 is 2.71 bits per heavy atom. The molecule has 93 valence electrons. The fraction of sp³-hybridized carbons (Fsp3) is 0.571. The van der Waals surface area contributed by atoms with Crippen molar-refractivity contribution in [2.75, 3.05) is 37.6 Å². The van der Waals surface area contributed by atoms with Gasteiger partial charge in [0.25, 0.3) is 0 Å². The Hall–Kier alpha value is -1.09. The van der Waals surface area contributed by atoms with Gasteiger partial charge in [0.05, 0.1) is 0 Å². The van der Waals surface area contributed by atoms with Crippen molar-refractivity contribution in [2.45, 2.75) is 19.8 Å². The van der Waals surface area contributed by atoms with Crippen LogP contribution in [0.3, 0.4) is 0 Å². The zero-order valence-electron chi connectivity index (χ0n) is 10.7. The third kappa shape index (κ3) is 3.19. The molecule has 1 saturated heterocycles. The van der Waals surface area contributed by atoms with Crippen LogP contribution >= 0.6 is 0 Å². The van der Waals surface area contributed by atoms with Crippen LogP contribution in [0.5, 0.6) is 0 Å². The summed E-state index contributed by atoms with van der Waals surface area (Å²) in [7, 11) is 0. The number of aromatic nitrogens is 1. The smallest absolute Gasteiger partial charge is 0.128 e. The first kappa shape index (κ1) is 12.4. The van der Waals surface area contributed by atoms with Gasteiger partial charge in [-0.05, 0) is 37.1 Å². The lowest BCUT2D eigenvalue weighted by molar-refractivity contribution is 0.270. The van der Waals surface area contributed by atoms with Gasteiger partial charge >= 0.3 is 0 Å². The van der Waals surface area contributed by atoms with Crippen molar-refractivity contribution < 1.29 is 0 Å². The van der Waals surface area contributed by atoms with Crippen LogP contribution in [-0.2, 0) is 6.42 Å². The third-order valence-electron chi connectivity index (χ3n) is 3.42. The van der Waals surface area contributed by atoms with E-state index in [0.29, 0.717) is 0 Å². The normalized spacial score (nSPS) is 17.4. The van der Waals surface area contributed by atoms with Crippen LogP contribution in [0.15, 0.2) is 18.3 Å². The van der Waals surface area contributed by atoms with E-state index >= 15 is 0 Å². The number of rotatable bonds is 4. The lowest BCUT2D eigenvalue weighted by Gasteiger charge is -2.34. The van der Waals surface area contributed by atoms with E-state index in [2.05, 4.69) is 40.8 Å². The molecule has 17 heavy (non-hydrogen) atoms. The minimum absolute atomic E-state index is 0.951. The molecule has 1 aromatic rings. The van der Waals surface area contributed by atoms with E-state index in [0.717, 1.165) is 51.4 Å². The van der Waals surface area contributed by atoms with Gasteiger partial charge in [-0.25, -0.2) is 4.98 Å². The molecule has 0 unspecified atom stereocenters. The molecule has 0 aliphatic carbocycles. The van der Waals surface area contributed by atoms with Gasteiger partial charge in [-0.2, -0.15) is 0 Å². The fourth-order valence-corrected chi connectivity index (χ4v) is 2.29. The van der Waals surface area contributed by atoms with Crippen molar-refractivity contribution in [3.63, 3.8) is 0 Å². The molecule has 1 radical (unpaired) electrons. The highest BCUT2D eigenvalue weighted by Crippen LogP contribution is 2.15. The molecule has 1 aliphatic heterocycles. The molecule has 3 nitrogen and oxygen atoms in total. The number of nitrogens with zero attached hydrogens (tertiary/aromatic N) is 3. The molecule has 1 aromatic heterocycles. The molecule has 0 amide bonds. The van der Waals surface area contributed by atoms with E-state index in [1.807, 2.05) is 6.20 Å². The predicted octanol–water partition coefficient (Wildman–Crippen LogP) is 1.99. The maximum absolute atomic E-state index is 4.48. The highest BCUT2D eigenvalue weighted by Gasteiger charge is 2.16. The zero-order valence-corrected chi connectivity index (χ0v) is 10.7. The fourth-order valence-electron chi connectivity index (χ4n) is 2.29. The highest BCUT2D eigenvalue weighted by molar-refractivity contribution is 5.41. The number of likely N-dealkylation sites (N-methyl/N-ethyl adjacent to an activating group) is 1. The topological polar surface area (TPSA) is 19.4 Å². The Balaban J connectivity index is 2.00. The van der Waals surface area contributed by atoms with Crippen LogP contribution in [0, 0.1) is 6.92 Å².